The zero-order valence-corrected chi connectivity index (χ0v) is 30.8. The van der Waals surface area contributed by atoms with Crippen molar-refractivity contribution in [2.24, 2.45) is 5.92 Å². The Morgan fingerprint density at radius 3 is 2.36 bits per heavy atom. The highest BCUT2D eigenvalue weighted by molar-refractivity contribution is 6.37. The van der Waals surface area contributed by atoms with Crippen molar-refractivity contribution in [3.05, 3.63) is 91.9 Å². The highest BCUT2D eigenvalue weighted by Gasteiger charge is 2.54. The number of piperidine rings is 1. The maximum atomic E-state index is 14.8. The van der Waals surface area contributed by atoms with Gasteiger partial charge in [-0.05, 0) is 104 Å². The largest absolute Gasteiger partial charge is 0.485 e. The summed E-state index contributed by atoms with van der Waals surface area (Å²) < 4.78 is 11.5. The molecule has 0 unspecified atom stereocenters. The van der Waals surface area contributed by atoms with Gasteiger partial charge in [-0.3, -0.25) is 4.79 Å². The molecule has 3 heterocycles. The van der Waals surface area contributed by atoms with E-state index in [1.54, 1.807) is 12.0 Å². The minimum absolute atomic E-state index is 0.0319. The maximum absolute atomic E-state index is 14.8. The average molecular weight is 741 g/mol. The Balaban J connectivity index is 1.11. The van der Waals surface area contributed by atoms with Gasteiger partial charge in [0, 0.05) is 55.5 Å². The fraction of sp³-hybridized carbons (Fsp3) is 0.487. The molecule has 4 aliphatic rings. The number of hydrogen-bond acceptors (Lipinski definition) is 5. The van der Waals surface area contributed by atoms with Crippen molar-refractivity contribution < 1.29 is 24.2 Å². The van der Waals surface area contributed by atoms with E-state index in [4.69, 9.17) is 44.3 Å². The molecule has 3 aromatic rings. The van der Waals surface area contributed by atoms with Gasteiger partial charge in [-0.2, -0.15) is 0 Å². The summed E-state index contributed by atoms with van der Waals surface area (Å²) in [6.45, 7) is 4.50. The highest BCUT2D eigenvalue weighted by Crippen LogP contribution is 2.49. The first kappa shape index (κ1) is 35.2. The van der Waals surface area contributed by atoms with Gasteiger partial charge >= 0.3 is 6.09 Å². The zero-order valence-electron chi connectivity index (χ0n) is 28.5. The molecule has 1 N–H and O–H groups in total. The number of methoxy groups -OCH3 is 1. The van der Waals surface area contributed by atoms with E-state index in [9.17, 15) is 14.7 Å². The van der Waals surface area contributed by atoms with Crippen LogP contribution in [0.1, 0.15) is 66.7 Å². The number of anilines is 1. The molecule has 3 aromatic carbocycles. The third-order valence-electron chi connectivity index (χ3n) is 11.0. The van der Waals surface area contributed by atoms with Crippen molar-refractivity contribution in [3.8, 4) is 5.75 Å². The lowest BCUT2D eigenvalue weighted by Gasteiger charge is -2.44. The molecular formula is C39H44Cl3N3O5. The van der Waals surface area contributed by atoms with Gasteiger partial charge in [0.15, 0.2) is 5.75 Å². The number of aryl methyl sites for hydroxylation is 1. The molecule has 266 valence electrons. The van der Waals surface area contributed by atoms with Crippen LogP contribution in [-0.4, -0.2) is 77.9 Å². The number of carbonyl (C=O) groups excluding carboxylic acids is 1. The maximum Gasteiger partial charge on any atom is 0.407 e. The number of fused-ring (bicyclic) bond motifs is 2. The van der Waals surface area contributed by atoms with E-state index in [2.05, 4.69) is 35.2 Å². The Hall–Kier alpha value is -3.17. The summed E-state index contributed by atoms with van der Waals surface area (Å²) in [4.78, 5) is 33.2. The molecule has 3 aliphatic heterocycles. The Morgan fingerprint density at radius 1 is 0.940 bits per heavy atom. The van der Waals surface area contributed by atoms with E-state index in [1.165, 1.54) is 0 Å². The molecule has 50 heavy (non-hydrogen) atoms. The molecular weight excluding hydrogens is 697 g/mol. The number of halogens is 3. The first-order valence-electron chi connectivity index (χ1n) is 17.7. The van der Waals surface area contributed by atoms with Crippen LogP contribution in [0.15, 0.2) is 54.6 Å². The van der Waals surface area contributed by atoms with Gasteiger partial charge in [0.1, 0.15) is 6.10 Å². The number of carboxylic acid groups (broad SMARTS) is 1. The van der Waals surface area contributed by atoms with Gasteiger partial charge in [0.2, 0.25) is 5.91 Å². The molecule has 11 heteroatoms. The molecule has 0 aromatic heterocycles. The van der Waals surface area contributed by atoms with Gasteiger partial charge in [-0.15, -0.1) is 0 Å². The van der Waals surface area contributed by atoms with E-state index in [1.807, 2.05) is 36.1 Å². The molecule has 7 rings (SSSR count). The first-order chi connectivity index (χ1) is 24.1. The lowest BCUT2D eigenvalue weighted by Crippen LogP contribution is -2.55. The Labute approximate surface area is 309 Å². The van der Waals surface area contributed by atoms with Crippen LogP contribution >= 0.6 is 34.8 Å². The van der Waals surface area contributed by atoms with Crippen molar-refractivity contribution in [3.63, 3.8) is 0 Å². The van der Waals surface area contributed by atoms with Crippen LogP contribution in [0.4, 0.5) is 10.5 Å². The number of nitrogens with zero attached hydrogens (tertiary/aromatic N) is 3. The summed E-state index contributed by atoms with van der Waals surface area (Å²) in [5.74, 6) is 0.000181. The molecule has 3 saturated heterocycles. The molecule has 1 aliphatic carbocycles. The predicted octanol–water partition coefficient (Wildman–Crippen LogP) is 8.61. The Kier molecular flexibility index (Phi) is 10.4. The van der Waals surface area contributed by atoms with Crippen LogP contribution in [0.2, 0.25) is 15.1 Å². The number of amides is 2. The second-order valence-electron chi connectivity index (χ2n) is 14.3. The number of ether oxygens (including phenoxy) is 2. The van der Waals surface area contributed by atoms with Gasteiger partial charge in [-0.1, -0.05) is 59.1 Å². The molecule has 2 bridgehead atoms. The number of carbonyl (C=O) groups is 2. The second kappa shape index (κ2) is 14.8. The summed E-state index contributed by atoms with van der Waals surface area (Å²) in [6, 6.07) is 17.9. The molecule has 8 nitrogen and oxygen atoms in total. The number of rotatable bonds is 11. The van der Waals surface area contributed by atoms with Gasteiger partial charge in [0.05, 0.1) is 29.1 Å². The van der Waals surface area contributed by atoms with Crippen molar-refractivity contribution in [2.45, 2.75) is 88.6 Å². The van der Waals surface area contributed by atoms with Gasteiger partial charge < -0.3 is 29.3 Å². The van der Waals surface area contributed by atoms with Crippen LogP contribution in [0, 0.1) is 12.8 Å². The standard InChI is InChI=1S/C39H44Cl3N3O5/c1-23-17-33(41)37(34(42)18-23)50-30-13-15-43(22-30)27-6-4-25(5-7-27)31-20-29-10-12-35(45(29)39(47)48)36(31)38(46)44(28-8-9-28)21-26-19-24(14-16-49-2)3-11-32(26)40/h3-7,11,17-19,28-31,35-36H,8-10,12-16,20-22H2,1-2H3,(H,47,48)/t29-,30+,31+,35+,36+/m0/s1. The third kappa shape index (κ3) is 7.27. The summed E-state index contributed by atoms with van der Waals surface area (Å²) >= 11 is 19.6. The smallest absolute Gasteiger partial charge is 0.407 e. The number of hydrogen-bond donors (Lipinski definition) is 1. The lowest BCUT2D eigenvalue weighted by atomic mass is 9.75. The minimum atomic E-state index is -0.935. The van der Waals surface area contributed by atoms with Crippen LogP contribution < -0.4 is 9.64 Å². The third-order valence-corrected chi connectivity index (χ3v) is 11.9. The Morgan fingerprint density at radius 2 is 1.68 bits per heavy atom. The average Bonchev–Trinajstić information content (AvgIpc) is 3.74. The van der Waals surface area contributed by atoms with E-state index >= 15 is 0 Å². The van der Waals surface area contributed by atoms with E-state index in [0.29, 0.717) is 53.4 Å². The summed E-state index contributed by atoms with van der Waals surface area (Å²) in [5.41, 5.74) is 5.17. The van der Waals surface area contributed by atoms with Crippen molar-refractivity contribution in [2.75, 3.05) is 31.7 Å². The van der Waals surface area contributed by atoms with Crippen LogP contribution in [0.25, 0.3) is 0 Å². The van der Waals surface area contributed by atoms with E-state index in [0.717, 1.165) is 66.6 Å². The number of benzene rings is 3. The predicted molar refractivity (Wildman–Crippen MR) is 197 cm³/mol. The normalized spacial score (nSPS) is 24.5. The molecule has 2 amide bonds. The topological polar surface area (TPSA) is 82.6 Å². The van der Waals surface area contributed by atoms with Crippen molar-refractivity contribution >= 4 is 52.5 Å². The van der Waals surface area contributed by atoms with Crippen LogP contribution in [-0.2, 0) is 22.5 Å². The SMILES string of the molecule is COCCc1ccc(Cl)c(CN(C(=O)[C@@H]2[C@@H](c3ccc(N4CC[C@@H](Oc5c(Cl)cc(C)cc5Cl)C4)cc3)C[C@@H]3CC[C@H]2N3C(=O)O)C2CC2)c1. The highest BCUT2D eigenvalue weighted by atomic mass is 35.5. The van der Waals surface area contributed by atoms with Crippen LogP contribution in [0.5, 0.6) is 5.75 Å². The van der Waals surface area contributed by atoms with Crippen molar-refractivity contribution in [1.82, 2.24) is 9.80 Å². The van der Waals surface area contributed by atoms with E-state index in [-0.39, 0.29) is 36.1 Å². The van der Waals surface area contributed by atoms with Crippen LogP contribution in [0.3, 0.4) is 0 Å². The van der Waals surface area contributed by atoms with Gasteiger partial charge in [0.25, 0.3) is 0 Å². The summed E-state index contributed by atoms with van der Waals surface area (Å²) in [6.07, 6.45) is 4.59. The summed E-state index contributed by atoms with van der Waals surface area (Å²) in [7, 11) is 1.68. The first-order valence-corrected chi connectivity index (χ1v) is 18.8. The zero-order chi connectivity index (χ0) is 35.1. The molecule has 1 saturated carbocycles. The Bertz CT molecular complexity index is 1710. The van der Waals surface area contributed by atoms with Gasteiger partial charge in [-0.25, -0.2) is 4.79 Å². The van der Waals surface area contributed by atoms with Crippen molar-refractivity contribution in [1.29, 1.82) is 0 Å². The minimum Gasteiger partial charge on any atom is -0.485 e. The lowest BCUT2D eigenvalue weighted by molar-refractivity contribution is -0.141. The molecule has 4 fully saturated rings. The summed E-state index contributed by atoms with van der Waals surface area (Å²) in [5, 5.41) is 11.9. The second-order valence-corrected chi connectivity index (χ2v) is 15.6. The van der Waals surface area contributed by atoms with E-state index < -0.39 is 12.0 Å². The monoisotopic (exact) mass is 739 g/mol. The quantitative estimate of drug-likeness (QED) is 0.212. The molecule has 5 atom stereocenters. The fourth-order valence-electron chi connectivity index (χ4n) is 8.41. The molecule has 0 radical (unpaired) electrons. The molecule has 0 spiro atoms. The fourth-order valence-corrected chi connectivity index (χ4v) is 9.27.